The van der Waals surface area contributed by atoms with Gasteiger partial charge in [-0.25, -0.2) is 9.18 Å². The zero-order valence-electron chi connectivity index (χ0n) is 19.7. The fourth-order valence-electron chi connectivity index (χ4n) is 5.48. The standard InChI is InChI=1S/C22H32FN5O5S/c1-9-16-15(10(2)26-19(29)13-5-11(23)7-24-13)21(31)28(16)17(22(32)33)18(9)34-12-6-14(25-8-12)20(30)27(3)4/h9-16,24-25H,5-8H2,1-4H3,(H,26,29)(H,32,33)/t9-,10-,11+,12+,13+,14+,15-,16-/m1/s1. The van der Waals surface area contributed by atoms with Crippen LogP contribution >= 0.6 is 11.8 Å². The Morgan fingerprint density at radius 2 is 1.88 bits per heavy atom. The van der Waals surface area contributed by atoms with E-state index >= 15 is 0 Å². The van der Waals surface area contributed by atoms with Gasteiger partial charge in [-0.3, -0.25) is 14.4 Å². The molecule has 34 heavy (non-hydrogen) atoms. The molecule has 8 atom stereocenters. The first kappa shape index (κ1) is 24.9. The van der Waals surface area contributed by atoms with E-state index in [0.29, 0.717) is 17.9 Å². The summed E-state index contributed by atoms with van der Waals surface area (Å²) in [5.74, 6) is -2.63. The maximum absolute atomic E-state index is 13.4. The van der Waals surface area contributed by atoms with E-state index in [1.807, 2.05) is 6.92 Å². The number of amides is 3. The number of likely N-dealkylation sites (N-methyl/N-ethyl adjacent to an activating group) is 1. The number of carboxylic acids is 1. The predicted octanol–water partition coefficient (Wildman–Crippen LogP) is -0.484. The highest BCUT2D eigenvalue weighted by Crippen LogP contribution is 2.51. The molecule has 0 radical (unpaired) electrons. The zero-order valence-corrected chi connectivity index (χ0v) is 20.5. The molecule has 4 aliphatic heterocycles. The van der Waals surface area contributed by atoms with Gasteiger partial charge in [0.05, 0.1) is 24.0 Å². The van der Waals surface area contributed by atoms with Gasteiger partial charge in [-0.1, -0.05) is 6.92 Å². The molecular formula is C22H32FN5O5S. The topological polar surface area (TPSA) is 131 Å². The van der Waals surface area contributed by atoms with Gasteiger partial charge in [0.15, 0.2) is 0 Å². The van der Waals surface area contributed by atoms with E-state index < -0.39 is 30.1 Å². The minimum atomic E-state index is -1.16. The molecule has 0 unspecified atom stereocenters. The summed E-state index contributed by atoms with van der Waals surface area (Å²) in [6.07, 6.45) is -0.397. The number of alkyl halides is 1. The van der Waals surface area contributed by atoms with E-state index in [9.17, 15) is 28.7 Å². The maximum Gasteiger partial charge on any atom is 0.353 e. The minimum absolute atomic E-state index is 0.00222. The maximum atomic E-state index is 13.4. The summed E-state index contributed by atoms with van der Waals surface area (Å²) in [6.45, 7) is 4.33. The number of hydrogen-bond acceptors (Lipinski definition) is 7. The minimum Gasteiger partial charge on any atom is -0.477 e. The van der Waals surface area contributed by atoms with Crippen molar-refractivity contribution < 1.29 is 28.7 Å². The smallest absolute Gasteiger partial charge is 0.353 e. The average Bonchev–Trinajstić information content (AvgIpc) is 3.46. The van der Waals surface area contributed by atoms with Gasteiger partial charge >= 0.3 is 5.97 Å². The fourth-order valence-corrected chi connectivity index (χ4v) is 6.95. The monoisotopic (exact) mass is 497 g/mol. The van der Waals surface area contributed by atoms with Crippen molar-refractivity contribution in [2.45, 2.75) is 62.3 Å². The second kappa shape index (κ2) is 9.46. The predicted molar refractivity (Wildman–Crippen MR) is 123 cm³/mol. The second-order valence-electron chi connectivity index (χ2n) is 9.79. The van der Waals surface area contributed by atoms with Crippen LogP contribution in [0.3, 0.4) is 0 Å². The lowest BCUT2D eigenvalue weighted by atomic mass is 9.78. The first-order valence-corrected chi connectivity index (χ1v) is 12.5. The van der Waals surface area contributed by atoms with Crippen molar-refractivity contribution in [1.29, 1.82) is 0 Å². The van der Waals surface area contributed by atoms with Gasteiger partial charge in [-0.15, -0.1) is 11.8 Å². The van der Waals surface area contributed by atoms with Crippen molar-refractivity contribution in [3.05, 3.63) is 10.6 Å². The summed E-state index contributed by atoms with van der Waals surface area (Å²) in [5, 5.41) is 18.8. The fraction of sp³-hybridized carbons (Fsp3) is 0.727. The SMILES string of the molecule is C[C@@H](NC(=O)[C@@H]1C[C@H](F)CN1)[C@H]1C(=O)N2C(C(=O)O)=C(S[C@@H]3CN[C@H](C(=O)N(C)C)C3)[C@H](C)[C@H]12. The van der Waals surface area contributed by atoms with Gasteiger partial charge in [0, 0.05) is 55.7 Å². The Morgan fingerprint density at radius 3 is 2.47 bits per heavy atom. The van der Waals surface area contributed by atoms with Crippen molar-refractivity contribution in [1.82, 2.24) is 25.8 Å². The second-order valence-corrected chi connectivity index (χ2v) is 11.1. The number of aliphatic carboxylic acids is 1. The molecule has 12 heteroatoms. The highest BCUT2D eigenvalue weighted by atomic mass is 32.2. The Labute approximate surface area is 202 Å². The van der Waals surface area contributed by atoms with Crippen molar-refractivity contribution in [3.63, 3.8) is 0 Å². The first-order valence-electron chi connectivity index (χ1n) is 11.6. The van der Waals surface area contributed by atoms with E-state index in [1.54, 1.807) is 21.0 Å². The molecule has 0 saturated carbocycles. The van der Waals surface area contributed by atoms with Gasteiger partial charge < -0.3 is 30.9 Å². The van der Waals surface area contributed by atoms with Gasteiger partial charge in [0.1, 0.15) is 11.9 Å². The lowest BCUT2D eigenvalue weighted by Crippen LogP contribution is -2.66. The number of thioether (sulfide) groups is 1. The van der Waals surface area contributed by atoms with Crippen LogP contribution in [0.25, 0.3) is 0 Å². The highest BCUT2D eigenvalue weighted by molar-refractivity contribution is 8.03. The molecule has 188 valence electrons. The Balaban J connectivity index is 1.44. The first-order chi connectivity index (χ1) is 16.0. The third-order valence-electron chi connectivity index (χ3n) is 7.22. The summed E-state index contributed by atoms with van der Waals surface area (Å²) in [6, 6.07) is -1.82. The molecule has 4 rings (SSSR count). The van der Waals surface area contributed by atoms with Crippen LogP contribution in [0.15, 0.2) is 10.6 Å². The molecule has 0 aromatic rings. The molecule has 3 saturated heterocycles. The average molecular weight is 498 g/mol. The number of halogens is 1. The van der Waals surface area contributed by atoms with E-state index in [-0.39, 0.29) is 59.6 Å². The zero-order chi connectivity index (χ0) is 24.9. The summed E-state index contributed by atoms with van der Waals surface area (Å²) in [5.41, 5.74) is 0.00222. The summed E-state index contributed by atoms with van der Waals surface area (Å²) in [7, 11) is 3.40. The number of hydrogen-bond donors (Lipinski definition) is 4. The van der Waals surface area contributed by atoms with E-state index in [2.05, 4.69) is 16.0 Å². The molecular weight excluding hydrogens is 465 g/mol. The summed E-state index contributed by atoms with van der Waals surface area (Å²) in [4.78, 5) is 53.5. The van der Waals surface area contributed by atoms with Gasteiger partial charge in [0.25, 0.3) is 0 Å². The Bertz CT molecular complexity index is 929. The van der Waals surface area contributed by atoms with Crippen LogP contribution in [0.2, 0.25) is 0 Å². The molecule has 0 bridgehead atoms. The number of rotatable bonds is 7. The van der Waals surface area contributed by atoms with Gasteiger partial charge in [-0.2, -0.15) is 0 Å². The normalized spacial score (nSPS) is 35.7. The number of fused-ring (bicyclic) bond motifs is 1. The van der Waals surface area contributed by atoms with Crippen molar-refractivity contribution in [3.8, 4) is 0 Å². The van der Waals surface area contributed by atoms with Gasteiger partial charge in [-0.05, 0) is 13.3 Å². The van der Waals surface area contributed by atoms with Crippen molar-refractivity contribution >= 4 is 35.5 Å². The highest BCUT2D eigenvalue weighted by Gasteiger charge is 2.60. The Morgan fingerprint density at radius 1 is 1.21 bits per heavy atom. The Hall–Kier alpha value is -2.18. The molecule has 4 aliphatic rings. The molecule has 0 spiro atoms. The third-order valence-corrected chi connectivity index (χ3v) is 8.73. The number of carboxylic acid groups (broad SMARTS) is 1. The van der Waals surface area contributed by atoms with Crippen LogP contribution in [0.4, 0.5) is 4.39 Å². The summed E-state index contributed by atoms with van der Waals surface area (Å²) < 4.78 is 13.4. The van der Waals surface area contributed by atoms with Crippen molar-refractivity contribution in [2.75, 3.05) is 27.2 Å². The largest absolute Gasteiger partial charge is 0.477 e. The molecule has 4 N–H and O–H groups in total. The molecule has 0 aromatic heterocycles. The van der Waals surface area contributed by atoms with Crippen LogP contribution in [0, 0.1) is 11.8 Å². The molecule has 3 fully saturated rings. The molecule has 0 aliphatic carbocycles. The van der Waals surface area contributed by atoms with Crippen LogP contribution < -0.4 is 16.0 Å². The molecule has 3 amide bonds. The lowest BCUT2D eigenvalue weighted by molar-refractivity contribution is -0.158. The van der Waals surface area contributed by atoms with Crippen LogP contribution in [0.1, 0.15) is 26.7 Å². The summed E-state index contributed by atoms with van der Waals surface area (Å²) >= 11 is 1.42. The van der Waals surface area contributed by atoms with Crippen LogP contribution in [-0.4, -0.2) is 101 Å². The molecule has 0 aromatic carbocycles. The molecule has 10 nitrogen and oxygen atoms in total. The van der Waals surface area contributed by atoms with E-state index in [0.717, 1.165) is 0 Å². The van der Waals surface area contributed by atoms with Crippen LogP contribution in [0.5, 0.6) is 0 Å². The lowest BCUT2D eigenvalue weighted by Gasteiger charge is -2.47. The number of carbonyl (C=O) groups excluding carboxylic acids is 3. The van der Waals surface area contributed by atoms with E-state index in [4.69, 9.17) is 0 Å². The number of β-lactam (4-membered cyclic amide) rings is 1. The van der Waals surface area contributed by atoms with Gasteiger partial charge in [0.2, 0.25) is 17.7 Å². The number of carbonyl (C=O) groups is 4. The van der Waals surface area contributed by atoms with E-state index in [1.165, 1.54) is 21.6 Å². The quantitative estimate of drug-likeness (QED) is 0.347. The number of nitrogens with zero attached hydrogens (tertiary/aromatic N) is 2. The van der Waals surface area contributed by atoms with Crippen LogP contribution in [-0.2, 0) is 19.2 Å². The van der Waals surface area contributed by atoms with Crippen molar-refractivity contribution in [2.24, 2.45) is 11.8 Å². The number of nitrogens with one attached hydrogen (secondary N) is 3. The molecule has 4 heterocycles. The third kappa shape index (κ3) is 4.31. The Kier molecular flexibility index (Phi) is 6.94.